The standard InChI is InChI=1S/C33H42F3N3O4/c1-19(2)11-24(31-21(5)13-25(34)14-22(31)6)16-26(35)28(17-30(40)41)37-32(42)29(12-20(3)4)39-18-23(9-10-38(7)8)15-27(36)33(39)43/h11,13-16,18,20,28-29H,1,9-10,12,17H2,2-8H3,(H,37,42)(H,40,41)/b24-11+,26-16-/t28-,29?/m0/s1. The second-order valence-corrected chi connectivity index (χ2v) is 11.7. The highest BCUT2D eigenvalue weighted by Crippen LogP contribution is 2.29. The number of hydrogen-bond acceptors (Lipinski definition) is 4. The van der Waals surface area contributed by atoms with Gasteiger partial charge in [-0.2, -0.15) is 0 Å². The Morgan fingerprint density at radius 1 is 1.12 bits per heavy atom. The molecule has 1 aromatic carbocycles. The maximum atomic E-state index is 15.9. The van der Waals surface area contributed by atoms with E-state index in [0.29, 0.717) is 46.4 Å². The van der Waals surface area contributed by atoms with Gasteiger partial charge in [0.25, 0.3) is 5.56 Å². The van der Waals surface area contributed by atoms with E-state index in [-0.39, 0.29) is 12.3 Å². The first-order valence-corrected chi connectivity index (χ1v) is 14.1. The van der Waals surface area contributed by atoms with E-state index in [9.17, 15) is 28.3 Å². The third-order valence-corrected chi connectivity index (χ3v) is 6.75. The Morgan fingerprint density at radius 3 is 2.23 bits per heavy atom. The number of aromatic nitrogens is 1. The van der Waals surface area contributed by atoms with Gasteiger partial charge in [-0.05, 0) is 106 Å². The number of aryl methyl sites for hydroxylation is 2. The Morgan fingerprint density at radius 2 is 1.72 bits per heavy atom. The van der Waals surface area contributed by atoms with Gasteiger partial charge in [0.2, 0.25) is 5.91 Å². The van der Waals surface area contributed by atoms with Crippen LogP contribution in [0.25, 0.3) is 5.57 Å². The molecule has 1 unspecified atom stereocenters. The van der Waals surface area contributed by atoms with Crippen LogP contribution in [0, 0.1) is 31.4 Å². The van der Waals surface area contributed by atoms with Crippen molar-refractivity contribution in [3.8, 4) is 0 Å². The molecule has 2 aromatic rings. The number of carbonyl (C=O) groups excluding carboxylic acids is 1. The fourth-order valence-corrected chi connectivity index (χ4v) is 4.86. The molecule has 0 bridgehead atoms. The molecule has 0 saturated heterocycles. The maximum absolute atomic E-state index is 15.9. The van der Waals surface area contributed by atoms with Gasteiger partial charge in [-0.3, -0.25) is 14.4 Å². The monoisotopic (exact) mass is 601 g/mol. The minimum atomic E-state index is -1.60. The van der Waals surface area contributed by atoms with E-state index in [1.165, 1.54) is 18.3 Å². The molecule has 1 amide bonds. The van der Waals surface area contributed by atoms with Crippen LogP contribution in [0.2, 0.25) is 0 Å². The second-order valence-electron chi connectivity index (χ2n) is 11.7. The highest BCUT2D eigenvalue weighted by molar-refractivity contribution is 5.83. The molecule has 0 aliphatic carbocycles. The van der Waals surface area contributed by atoms with Crippen molar-refractivity contribution in [1.29, 1.82) is 0 Å². The van der Waals surface area contributed by atoms with Crippen LogP contribution < -0.4 is 10.9 Å². The topological polar surface area (TPSA) is 91.6 Å². The predicted octanol–water partition coefficient (Wildman–Crippen LogP) is 5.91. The molecule has 2 N–H and O–H groups in total. The Balaban J connectivity index is 2.59. The van der Waals surface area contributed by atoms with E-state index in [2.05, 4.69) is 11.9 Å². The Kier molecular flexibility index (Phi) is 12.7. The molecule has 0 aliphatic rings. The number of benzene rings is 1. The van der Waals surface area contributed by atoms with E-state index < -0.39 is 53.4 Å². The quantitative estimate of drug-likeness (QED) is 0.263. The molecule has 0 radical (unpaired) electrons. The minimum absolute atomic E-state index is 0.113. The first kappa shape index (κ1) is 35.3. The largest absolute Gasteiger partial charge is 0.481 e. The van der Waals surface area contributed by atoms with E-state index in [4.69, 9.17) is 0 Å². The number of hydrogen-bond donors (Lipinski definition) is 2. The molecule has 234 valence electrons. The second kappa shape index (κ2) is 15.5. The normalized spacial score (nSPS) is 13.8. The number of carboxylic acid groups (broad SMARTS) is 1. The molecular formula is C33H42F3N3O4. The summed E-state index contributed by atoms with van der Waals surface area (Å²) >= 11 is 0. The first-order chi connectivity index (χ1) is 20.0. The number of carboxylic acids is 1. The summed E-state index contributed by atoms with van der Waals surface area (Å²) in [6.45, 7) is 13.1. The maximum Gasteiger partial charge on any atom is 0.305 e. The van der Waals surface area contributed by atoms with Crippen LogP contribution in [0.3, 0.4) is 0 Å². The van der Waals surface area contributed by atoms with Gasteiger partial charge >= 0.3 is 5.97 Å². The number of halogens is 3. The average molecular weight is 602 g/mol. The summed E-state index contributed by atoms with van der Waals surface area (Å²) in [7, 11) is 3.70. The minimum Gasteiger partial charge on any atom is -0.481 e. The molecule has 2 rings (SSSR count). The molecule has 0 fully saturated rings. The molecule has 10 heteroatoms. The number of rotatable bonds is 14. The fraction of sp³-hybridized carbons (Fsp3) is 0.424. The van der Waals surface area contributed by atoms with Crippen molar-refractivity contribution in [2.24, 2.45) is 5.92 Å². The summed E-state index contributed by atoms with van der Waals surface area (Å²) in [6, 6.07) is 0.912. The smallest absolute Gasteiger partial charge is 0.305 e. The first-order valence-electron chi connectivity index (χ1n) is 14.1. The zero-order chi connectivity index (χ0) is 32.6. The lowest BCUT2D eigenvalue weighted by atomic mass is 9.93. The molecule has 0 saturated carbocycles. The molecule has 7 nitrogen and oxygen atoms in total. The molecular weight excluding hydrogens is 559 g/mol. The molecule has 0 spiro atoms. The van der Waals surface area contributed by atoms with Crippen LogP contribution in [0.15, 0.2) is 59.3 Å². The van der Waals surface area contributed by atoms with Gasteiger partial charge < -0.3 is 19.9 Å². The van der Waals surface area contributed by atoms with Crippen LogP contribution in [-0.2, 0) is 16.0 Å². The third kappa shape index (κ3) is 10.4. The highest BCUT2D eigenvalue weighted by atomic mass is 19.1. The Bertz CT molecular complexity index is 1450. The molecule has 1 heterocycles. The van der Waals surface area contributed by atoms with Crippen LogP contribution >= 0.6 is 0 Å². The lowest BCUT2D eigenvalue weighted by Gasteiger charge is -2.25. The zero-order valence-corrected chi connectivity index (χ0v) is 25.9. The van der Waals surface area contributed by atoms with E-state index in [1.54, 1.807) is 26.8 Å². The van der Waals surface area contributed by atoms with E-state index in [0.717, 1.165) is 16.7 Å². The van der Waals surface area contributed by atoms with Gasteiger partial charge in [-0.15, -0.1) is 0 Å². The van der Waals surface area contributed by atoms with Crippen molar-refractivity contribution >= 4 is 17.4 Å². The Hall–Kier alpha value is -3.92. The molecule has 1 aromatic heterocycles. The van der Waals surface area contributed by atoms with Crippen molar-refractivity contribution in [2.45, 2.75) is 66.0 Å². The van der Waals surface area contributed by atoms with E-state index in [1.807, 2.05) is 32.8 Å². The van der Waals surface area contributed by atoms with Crippen molar-refractivity contribution in [1.82, 2.24) is 14.8 Å². The fourth-order valence-electron chi connectivity index (χ4n) is 4.86. The van der Waals surface area contributed by atoms with Gasteiger partial charge in [-0.25, -0.2) is 13.2 Å². The van der Waals surface area contributed by atoms with Crippen molar-refractivity contribution in [2.75, 3.05) is 20.6 Å². The number of carbonyl (C=O) groups is 2. The zero-order valence-electron chi connectivity index (χ0n) is 25.9. The summed E-state index contributed by atoms with van der Waals surface area (Å²) in [5.41, 5.74) is 1.97. The van der Waals surface area contributed by atoms with Crippen LogP contribution in [0.5, 0.6) is 0 Å². The number of nitrogens with one attached hydrogen (secondary N) is 1. The number of aliphatic carboxylic acids is 1. The van der Waals surface area contributed by atoms with Crippen LogP contribution in [-0.4, -0.2) is 53.1 Å². The summed E-state index contributed by atoms with van der Waals surface area (Å²) in [4.78, 5) is 40.1. The lowest BCUT2D eigenvalue weighted by Crippen LogP contribution is -2.44. The molecule has 0 aliphatic heterocycles. The highest BCUT2D eigenvalue weighted by Gasteiger charge is 2.29. The molecule has 2 atom stereocenters. The summed E-state index contributed by atoms with van der Waals surface area (Å²) in [6.07, 6.45) is 3.84. The third-order valence-electron chi connectivity index (χ3n) is 6.75. The van der Waals surface area contributed by atoms with Crippen molar-refractivity contribution in [3.05, 3.63) is 98.8 Å². The number of likely N-dealkylation sites (N-methyl/N-ethyl adjacent to an activating group) is 1. The average Bonchev–Trinajstić information content (AvgIpc) is 2.86. The van der Waals surface area contributed by atoms with Crippen molar-refractivity contribution in [3.63, 3.8) is 0 Å². The SMILES string of the molecule is C=C(C)/C=C(\C=C(/F)[C@H](CC(=O)O)NC(=O)C(CC(C)C)n1cc(CCN(C)C)cc(F)c1=O)c1c(C)cc(F)cc1C. The van der Waals surface area contributed by atoms with Crippen LogP contribution in [0.1, 0.15) is 61.9 Å². The van der Waals surface area contributed by atoms with Gasteiger partial charge in [0.1, 0.15) is 17.7 Å². The van der Waals surface area contributed by atoms with Gasteiger partial charge in [0.05, 0.1) is 12.5 Å². The number of allylic oxidation sites excluding steroid dienone is 4. The van der Waals surface area contributed by atoms with Crippen LogP contribution in [0.4, 0.5) is 13.2 Å². The van der Waals surface area contributed by atoms with Gasteiger partial charge in [-0.1, -0.05) is 32.1 Å². The summed E-state index contributed by atoms with van der Waals surface area (Å²) < 4.78 is 45.7. The van der Waals surface area contributed by atoms with Crippen molar-refractivity contribution < 1.29 is 27.9 Å². The van der Waals surface area contributed by atoms with E-state index >= 15 is 4.39 Å². The van der Waals surface area contributed by atoms with Gasteiger partial charge in [0, 0.05) is 12.7 Å². The number of amides is 1. The summed E-state index contributed by atoms with van der Waals surface area (Å²) in [5, 5.41) is 12.0. The summed E-state index contributed by atoms with van der Waals surface area (Å²) in [5.74, 6) is -4.76. The lowest BCUT2D eigenvalue weighted by molar-refractivity contribution is -0.137. The molecule has 43 heavy (non-hydrogen) atoms. The van der Waals surface area contributed by atoms with Gasteiger partial charge in [0.15, 0.2) is 5.82 Å². The number of pyridine rings is 1. The Labute approximate surface area is 251 Å². The number of nitrogens with zero attached hydrogens (tertiary/aromatic N) is 2. The predicted molar refractivity (Wildman–Crippen MR) is 163 cm³/mol.